The van der Waals surface area contributed by atoms with Crippen molar-refractivity contribution in [3.63, 3.8) is 0 Å². The van der Waals surface area contributed by atoms with Crippen LogP contribution in [0, 0.1) is 0 Å². The summed E-state index contributed by atoms with van der Waals surface area (Å²) in [5.74, 6) is 0.775. The molecule has 0 atom stereocenters. The fourth-order valence-corrected chi connectivity index (χ4v) is 2.76. The van der Waals surface area contributed by atoms with Gasteiger partial charge in [0.1, 0.15) is 12.4 Å². The molecule has 5 heteroatoms. The molecule has 0 radical (unpaired) electrons. The molecule has 1 aromatic heterocycles. The van der Waals surface area contributed by atoms with E-state index >= 15 is 0 Å². The van der Waals surface area contributed by atoms with E-state index in [1.54, 1.807) is 23.6 Å². The second kappa shape index (κ2) is 6.87. The van der Waals surface area contributed by atoms with E-state index in [2.05, 4.69) is 22.1 Å². The van der Waals surface area contributed by atoms with Gasteiger partial charge >= 0.3 is 0 Å². The molecular weight excluding hydrogens is 294 g/mol. The molecule has 0 spiro atoms. The number of hydrogen-bond acceptors (Lipinski definition) is 5. The monoisotopic (exact) mass is 309 g/mol. The van der Waals surface area contributed by atoms with Crippen LogP contribution in [0.4, 0.5) is 5.13 Å². The number of nitrogens with one attached hydrogen (secondary N) is 1. The Hall–Kier alpha value is -2.66. The van der Waals surface area contributed by atoms with Gasteiger partial charge in [0, 0.05) is 5.56 Å². The highest BCUT2D eigenvalue weighted by molar-refractivity contribution is 7.22. The number of para-hydroxylation sites is 2. The maximum Gasteiger partial charge on any atom is 0.204 e. The molecule has 0 unspecified atom stereocenters. The molecule has 2 aromatic carbocycles. The third-order valence-corrected chi connectivity index (χ3v) is 3.87. The van der Waals surface area contributed by atoms with Crippen LogP contribution < -0.4 is 10.2 Å². The summed E-state index contributed by atoms with van der Waals surface area (Å²) in [5, 5.41) is 5.01. The molecule has 110 valence electrons. The highest BCUT2D eigenvalue weighted by atomic mass is 32.1. The minimum Gasteiger partial charge on any atom is -0.489 e. The van der Waals surface area contributed by atoms with Gasteiger partial charge in [-0.25, -0.2) is 4.98 Å². The van der Waals surface area contributed by atoms with Crippen molar-refractivity contribution in [2.24, 2.45) is 5.10 Å². The lowest BCUT2D eigenvalue weighted by atomic mass is 10.2. The SMILES string of the molecule is C=CCOc1ccccc1/C=N\Nc1nc2ccccc2s1. The number of thiazole rings is 1. The van der Waals surface area contributed by atoms with Gasteiger partial charge in [0.05, 0.1) is 16.4 Å². The lowest BCUT2D eigenvalue weighted by Gasteiger charge is -2.05. The topological polar surface area (TPSA) is 46.5 Å². The van der Waals surface area contributed by atoms with Gasteiger partial charge in [-0.1, -0.05) is 48.3 Å². The molecule has 0 amide bonds. The van der Waals surface area contributed by atoms with Gasteiger partial charge in [-0.05, 0) is 24.3 Å². The van der Waals surface area contributed by atoms with Crippen LogP contribution in [0.1, 0.15) is 5.56 Å². The minimum atomic E-state index is 0.468. The number of benzene rings is 2. The van der Waals surface area contributed by atoms with Crippen molar-refractivity contribution in [3.05, 3.63) is 66.7 Å². The fraction of sp³-hybridized carbons (Fsp3) is 0.0588. The van der Waals surface area contributed by atoms with Crippen LogP contribution in [0.25, 0.3) is 10.2 Å². The lowest BCUT2D eigenvalue weighted by molar-refractivity contribution is 0.363. The Balaban J connectivity index is 1.72. The first-order chi connectivity index (χ1) is 10.9. The number of aromatic nitrogens is 1. The average Bonchev–Trinajstić information content (AvgIpc) is 2.96. The number of rotatable bonds is 6. The number of nitrogens with zero attached hydrogens (tertiary/aromatic N) is 2. The molecule has 0 aliphatic heterocycles. The van der Waals surface area contributed by atoms with E-state index in [1.165, 1.54) is 0 Å². The van der Waals surface area contributed by atoms with Crippen molar-refractivity contribution in [1.29, 1.82) is 0 Å². The van der Waals surface area contributed by atoms with Gasteiger partial charge < -0.3 is 4.74 Å². The zero-order valence-electron chi connectivity index (χ0n) is 11.9. The molecule has 1 N–H and O–H groups in total. The molecule has 0 aliphatic rings. The predicted molar refractivity (Wildman–Crippen MR) is 93.0 cm³/mol. The largest absolute Gasteiger partial charge is 0.489 e. The quantitative estimate of drug-likeness (QED) is 0.419. The van der Waals surface area contributed by atoms with E-state index in [0.29, 0.717) is 6.61 Å². The molecule has 1 heterocycles. The van der Waals surface area contributed by atoms with E-state index in [-0.39, 0.29) is 0 Å². The van der Waals surface area contributed by atoms with Crippen LogP contribution in [-0.4, -0.2) is 17.8 Å². The molecule has 0 fully saturated rings. The smallest absolute Gasteiger partial charge is 0.204 e. The molecular formula is C17H15N3OS. The van der Waals surface area contributed by atoms with Gasteiger partial charge in [-0.3, -0.25) is 5.43 Å². The molecule has 0 saturated carbocycles. The Bertz CT molecular complexity index is 777. The summed E-state index contributed by atoms with van der Waals surface area (Å²) < 4.78 is 6.72. The van der Waals surface area contributed by atoms with E-state index in [9.17, 15) is 0 Å². The molecule has 0 bridgehead atoms. The van der Waals surface area contributed by atoms with Gasteiger partial charge in [0.25, 0.3) is 0 Å². The van der Waals surface area contributed by atoms with E-state index in [1.807, 2.05) is 48.5 Å². The van der Waals surface area contributed by atoms with Crippen LogP contribution in [0.3, 0.4) is 0 Å². The van der Waals surface area contributed by atoms with E-state index in [4.69, 9.17) is 4.74 Å². The molecule has 4 nitrogen and oxygen atoms in total. The summed E-state index contributed by atoms with van der Waals surface area (Å²) in [4.78, 5) is 4.47. The Labute approximate surface area is 132 Å². The summed E-state index contributed by atoms with van der Waals surface area (Å²) in [7, 11) is 0. The first-order valence-electron chi connectivity index (χ1n) is 6.84. The maximum atomic E-state index is 5.59. The Morgan fingerprint density at radius 1 is 1.18 bits per heavy atom. The highest BCUT2D eigenvalue weighted by Crippen LogP contribution is 2.25. The van der Waals surface area contributed by atoms with Crippen molar-refractivity contribution in [2.45, 2.75) is 0 Å². The van der Waals surface area contributed by atoms with Crippen LogP contribution in [0.2, 0.25) is 0 Å². The Morgan fingerprint density at radius 3 is 2.86 bits per heavy atom. The van der Waals surface area contributed by atoms with Crippen LogP contribution >= 0.6 is 11.3 Å². The molecule has 3 rings (SSSR count). The van der Waals surface area contributed by atoms with Crippen molar-refractivity contribution in [1.82, 2.24) is 4.98 Å². The fourth-order valence-electron chi connectivity index (χ4n) is 1.94. The highest BCUT2D eigenvalue weighted by Gasteiger charge is 2.02. The summed E-state index contributed by atoms with van der Waals surface area (Å²) in [6.45, 7) is 4.12. The first kappa shape index (κ1) is 14.3. The van der Waals surface area contributed by atoms with Crippen molar-refractivity contribution < 1.29 is 4.74 Å². The van der Waals surface area contributed by atoms with E-state index in [0.717, 1.165) is 26.7 Å². The van der Waals surface area contributed by atoms with Gasteiger partial charge in [0.15, 0.2) is 0 Å². The lowest BCUT2D eigenvalue weighted by Crippen LogP contribution is -1.97. The Kier molecular flexibility index (Phi) is 4.46. The number of anilines is 1. The van der Waals surface area contributed by atoms with Crippen LogP contribution in [0.5, 0.6) is 5.75 Å². The summed E-state index contributed by atoms with van der Waals surface area (Å²) in [6.07, 6.45) is 3.44. The van der Waals surface area contributed by atoms with Crippen LogP contribution in [-0.2, 0) is 0 Å². The average molecular weight is 309 g/mol. The number of hydrazone groups is 1. The number of fused-ring (bicyclic) bond motifs is 1. The third-order valence-electron chi connectivity index (χ3n) is 2.93. The maximum absolute atomic E-state index is 5.59. The first-order valence-corrected chi connectivity index (χ1v) is 7.66. The summed E-state index contributed by atoms with van der Waals surface area (Å²) >= 11 is 1.57. The van der Waals surface area contributed by atoms with Gasteiger partial charge in [0.2, 0.25) is 5.13 Å². The third kappa shape index (κ3) is 3.32. The van der Waals surface area contributed by atoms with Gasteiger partial charge in [-0.15, -0.1) is 0 Å². The standard InChI is InChI=1S/C17H15N3OS/c1-2-11-21-15-9-5-3-7-13(15)12-18-20-17-19-14-8-4-6-10-16(14)22-17/h2-10,12H,1,11H2,(H,19,20)/b18-12-. The second-order valence-electron chi connectivity index (χ2n) is 4.49. The van der Waals surface area contributed by atoms with Crippen molar-refractivity contribution in [3.8, 4) is 5.75 Å². The van der Waals surface area contributed by atoms with Crippen molar-refractivity contribution in [2.75, 3.05) is 12.0 Å². The predicted octanol–water partition coefficient (Wildman–Crippen LogP) is 4.31. The summed E-state index contributed by atoms with van der Waals surface area (Å²) in [5.41, 5.74) is 4.84. The molecule has 3 aromatic rings. The molecule has 0 aliphatic carbocycles. The minimum absolute atomic E-state index is 0.468. The second-order valence-corrected chi connectivity index (χ2v) is 5.52. The van der Waals surface area contributed by atoms with Gasteiger partial charge in [-0.2, -0.15) is 5.10 Å². The van der Waals surface area contributed by atoms with E-state index < -0.39 is 0 Å². The Morgan fingerprint density at radius 2 is 2.00 bits per heavy atom. The summed E-state index contributed by atoms with van der Waals surface area (Å²) in [6, 6.07) is 15.7. The zero-order chi connectivity index (χ0) is 15.2. The molecule has 22 heavy (non-hydrogen) atoms. The van der Waals surface area contributed by atoms with Crippen LogP contribution in [0.15, 0.2) is 66.3 Å². The molecule has 0 saturated heterocycles. The normalized spacial score (nSPS) is 10.9. The zero-order valence-corrected chi connectivity index (χ0v) is 12.7. The number of ether oxygens (including phenoxy) is 1. The number of hydrogen-bond donors (Lipinski definition) is 1. The van der Waals surface area contributed by atoms with Crippen molar-refractivity contribution >= 4 is 32.9 Å².